The molecule has 2 aromatic rings. The van der Waals surface area contributed by atoms with Crippen LogP contribution in [0.2, 0.25) is 0 Å². The lowest BCUT2D eigenvalue weighted by atomic mass is 9.90. The van der Waals surface area contributed by atoms with Crippen molar-refractivity contribution in [3.05, 3.63) is 59.2 Å². The van der Waals surface area contributed by atoms with Crippen LogP contribution in [0.3, 0.4) is 0 Å². The lowest BCUT2D eigenvalue weighted by Crippen LogP contribution is -2.41. The van der Waals surface area contributed by atoms with Crippen LogP contribution in [-0.2, 0) is 14.8 Å². The lowest BCUT2D eigenvalue weighted by molar-refractivity contribution is 0.0600. The highest BCUT2D eigenvalue weighted by molar-refractivity contribution is 7.89. The number of hydrogen-bond donors (Lipinski definition) is 1. The molecule has 1 heterocycles. The van der Waals surface area contributed by atoms with E-state index in [9.17, 15) is 13.2 Å². The van der Waals surface area contributed by atoms with Crippen LogP contribution in [0.5, 0.6) is 5.75 Å². The Balaban J connectivity index is 1.96. The molecule has 0 saturated heterocycles. The molecular weight excluding hydrogens is 366 g/mol. The number of carbonyl (C=O) groups is 1. The van der Waals surface area contributed by atoms with E-state index in [1.807, 2.05) is 39.0 Å². The molecule has 1 unspecified atom stereocenters. The smallest absolute Gasteiger partial charge is 0.337 e. The Morgan fingerprint density at radius 2 is 1.96 bits per heavy atom. The predicted molar refractivity (Wildman–Crippen MR) is 101 cm³/mol. The molecule has 0 amide bonds. The van der Waals surface area contributed by atoms with E-state index in [0.29, 0.717) is 12.2 Å². The van der Waals surface area contributed by atoms with Crippen LogP contribution in [0.15, 0.2) is 47.4 Å². The van der Waals surface area contributed by atoms with Gasteiger partial charge in [-0.1, -0.05) is 18.2 Å². The molecule has 0 aliphatic carbocycles. The largest absolute Gasteiger partial charge is 0.487 e. The fourth-order valence-electron chi connectivity index (χ4n) is 3.23. The van der Waals surface area contributed by atoms with Crippen molar-refractivity contribution < 1.29 is 22.7 Å². The Morgan fingerprint density at radius 1 is 1.22 bits per heavy atom. The lowest BCUT2D eigenvalue weighted by Gasteiger charge is -2.38. The zero-order chi connectivity index (χ0) is 19.8. The summed E-state index contributed by atoms with van der Waals surface area (Å²) in [6.45, 7) is 5.82. The maximum absolute atomic E-state index is 12.9. The Bertz CT molecular complexity index is 982. The minimum atomic E-state index is -3.84. The van der Waals surface area contributed by atoms with E-state index in [1.165, 1.54) is 31.4 Å². The molecule has 27 heavy (non-hydrogen) atoms. The van der Waals surface area contributed by atoms with Gasteiger partial charge in [0.2, 0.25) is 10.0 Å². The average Bonchev–Trinajstić information content (AvgIpc) is 2.59. The first-order valence-corrected chi connectivity index (χ1v) is 10.1. The highest BCUT2D eigenvalue weighted by Crippen LogP contribution is 2.40. The van der Waals surface area contributed by atoms with Gasteiger partial charge in [0.1, 0.15) is 11.4 Å². The number of esters is 1. The summed E-state index contributed by atoms with van der Waals surface area (Å²) in [5, 5.41) is 0. The normalized spacial score (nSPS) is 18.3. The van der Waals surface area contributed by atoms with Gasteiger partial charge in [0, 0.05) is 12.0 Å². The summed E-state index contributed by atoms with van der Waals surface area (Å²) in [5.74, 6) is 0.0994. The summed E-state index contributed by atoms with van der Waals surface area (Å²) >= 11 is 0. The van der Waals surface area contributed by atoms with Crippen molar-refractivity contribution in [3.8, 4) is 5.75 Å². The summed E-state index contributed by atoms with van der Waals surface area (Å²) in [5.41, 5.74) is 1.51. The first kappa shape index (κ1) is 19.4. The van der Waals surface area contributed by atoms with Gasteiger partial charge >= 0.3 is 5.97 Å². The summed E-state index contributed by atoms with van der Waals surface area (Å²) in [6.07, 6.45) is 0.485. The van der Waals surface area contributed by atoms with Crippen LogP contribution in [0.4, 0.5) is 0 Å². The molecule has 1 N–H and O–H groups in total. The van der Waals surface area contributed by atoms with E-state index in [1.54, 1.807) is 0 Å². The third-order valence-corrected chi connectivity index (χ3v) is 5.96. The second kappa shape index (κ2) is 6.98. The molecular formula is C20H23NO5S. The Kier molecular flexibility index (Phi) is 5.01. The van der Waals surface area contributed by atoms with Crippen molar-refractivity contribution in [2.45, 2.75) is 43.7 Å². The number of carbonyl (C=O) groups excluding carboxylic acids is 1. The zero-order valence-corrected chi connectivity index (χ0v) is 16.6. The predicted octanol–water partition coefficient (Wildman–Crippen LogP) is 3.36. The number of aryl methyl sites for hydroxylation is 1. The fraction of sp³-hybridized carbons (Fsp3) is 0.350. The molecule has 0 radical (unpaired) electrons. The Hall–Kier alpha value is -2.38. The minimum Gasteiger partial charge on any atom is -0.487 e. The van der Waals surface area contributed by atoms with Crippen LogP contribution in [0.1, 0.15) is 47.8 Å². The Labute approximate surface area is 159 Å². The van der Waals surface area contributed by atoms with Gasteiger partial charge in [0.15, 0.2) is 0 Å². The number of methoxy groups -OCH3 is 1. The summed E-state index contributed by atoms with van der Waals surface area (Å²) in [4.78, 5) is 11.7. The number of sulfonamides is 1. The first-order valence-electron chi connectivity index (χ1n) is 8.61. The minimum absolute atomic E-state index is 0.0170. The number of hydrogen-bond acceptors (Lipinski definition) is 5. The number of fused-ring (bicyclic) bond motifs is 1. The van der Waals surface area contributed by atoms with E-state index in [-0.39, 0.29) is 10.5 Å². The van der Waals surface area contributed by atoms with Crippen molar-refractivity contribution in [3.63, 3.8) is 0 Å². The maximum Gasteiger partial charge on any atom is 0.337 e. The van der Waals surface area contributed by atoms with Gasteiger partial charge in [-0.2, -0.15) is 0 Å². The number of rotatable bonds is 4. The van der Waals surface area contributed by atoms with Gasteiger partial charge in [-0.15, -0.1) is 0 Å². The highest BCUT2D eigenvalue weighted by Gasteiger charge is 2.36. The number of ether oxygens (including phenoxy) is 2. The van der Waals surface area contributed by atoms with E-state index in [4.69, 9.17) is 4.74 Å². The van der Waals surface area contributed by atoms with Crippen molar-refractivity contribution in [2.24, 2.45) is 0 Å². The standard InChI is InChI=1S/C20H23NO5S/c1-13-8-9-16-17(12-20(2,3)26-18(16)10-13)21-27(23,24)15-7-5-6-14(11-15)19(22)25-4/h5-11,17,21H,12H2,1-4H3. The van der Waals surface area contributed by atoms with Gasteiger partial charge in [-0.05, 0) is 50.6 Å². The second-order valence-electron chi connectivity index (χ2n) is 7.30. The maximum atomic E-state index is 12.9. The number of nitrogens with one attached hydrogen (secondary N) is 1. The monoisotopic (exact) mass is 389 g/mol. The van der Waals surface area contributed by atoms with Crippen LogP contribution in [-0.4, -0.2) is 27.1 Å². The highest BCUT2D eigenvalue weighted by atomic mass is 32.2. The average molecular weight is 389 g/mol. The molecule has 1 aliphatic heterocycles. The molecule has 2 aromatic carbocycles. The molecule has 0 saturated carbocycles. The summed E-state index contributed by atoms with van der Waals surface area (Å²) in [7, 11) is -2.59. The van der Waals surface area contributed by atoms with Crippen molar-refractivity contribution in [1.82, 2.24) is 4.72 Å². The summed E-state index contributed by atoms with van der Waals surface area (Å²) in [6, 6.07) is 11.1. The molecule has 0 spiro atoms. The van der Waals surface area contributed by atoms with Crippen LogP contribution >= 0.6 is 0 Å². The van der Waals surface area contributed by atoms with Crippen molar-refractivity contribution >= 4 is 16.0 Å². The van der Waals surface area contributed by atoms with Gasteiger partial charge in [-0.25, -0.2) is 17.9 Å². The molecule has 1 aliphatic rings. The van der Waals surface area contributed by atoms with Crippen LogP contribution < -0.4 is 9.46 Å². The van der Waals surface area contributed by atoms with Crippen molar-refractivity contribution in [2.75, 3.05) is 7.11 Å². The van der Waals surface area contributed by atoms with Crippen molar-refractivity contribution in [1.29, 1.82) is 0 Å². The van der Waals surface area contributed by atoms with Gasteiger partial charge in [0.05, 0.1) is 23.6 Å². The van der Waals surface area contributed by atoms with Crippen LogP contribution in [0.25, 0.3) is 0 Å². The second-order valence-corrected chi connectivity index (χ2v) is 9.01. The quantitative estimate of drug-likeness (QED) is 0.811. The van der Waals surface area contributed by atoms with E-state index in [2.05, 4.69) is 9.46 Å². The Morgan fingerprint density at radius 3 is 2.67 bits per heavy atom. The molecule has 3 rings (SSSR count). The fourth-order valence-corrected chi connectivity index (χ4v) is 4.49. The van der Waals surface area contributed by atoms with Gasteiger partial charge < -0.3 is 9.47 Å². The number of benzene rings is 2. The molecule has 7 heteroatoms. The molecule has 144 valence electrons. The molecule has 0 aromatic heterocycles. The zero-order valence-electron chi connectivity index (χ0n) is 15.8. The summed E-state index contributed by atoms with van der Waals surface area (Å²) < 4.78 is 39.3. The topological polar surface area (TPSA) is 81.7 Å². The van der Waals surface area contributed by atoms with Gasteiger partial charge in [0.25, 0.3) is 0 Å². The first-order chi connectivity index (χ1) is 12.6. The SMILES string of the molecule is COC(=O)c1cccc(S(=O)(=O)NC2CC(C)(C)Oc3cc(C)ccc32)c1. The third kappa shape index (κ3) is 4.14. The molecule has 6 nitrogen and oxygen atoms in total. The van der Waals surface area contributed by atoms with Crippen LogP contribution in [0, 0.1) is 6.92 Å². The van der Waals surface area contributed by atoms with Gasteiger partial charge in [-0.3, -0.25) is 0 Å². The molecule has 0 bridgehead atoms. The molecule has 0 fully saturated rings. The van der Waals surface area contributed by atoms with E-state index in [0.717, 1.165) is 11.1 Å². The van der Waals surface area contributed by atoms with E-state index < -0.39 is 27.6 Å². The van der Waals surface area contributed by atoms with E-state index >= 15 is 0 Å². The third-order valence-electron chi connectivity index (χ3n) is 4.49. The molecule has 1 atom stereocenters.